The first-order chi connectivity index (χ1) is 6.83. The summed E-state index contributed by atoms with van der Waals surface area (Å²) in [5.41, 5.74) is 2.62. The molecular formula is C13H14O. The quantitative estimate of drug-likeness (QED) is 0.656. The standard InChI is InChI=1S/C13H14O/c1-3-5-10-7-11-9-12(6-4-2)14-13(11)8-10/h3-4,7,9H,1-2,5-6,8H2. The summed E-state index contributed by atoms with van der Waals surface area (Å²) in [6, 6.07) is 2.10. The van der Waals surface area contributed by atoms with Crippen LogP contribution in [0.3, 0.4) is 0 Å². The Morgan fingerprint density at radius 1 is 1.29 bits per heavy atom. The molecule has 1 aromatic rings. The Kier molecular flexibility index (Phi) is 2.40. The Bertz CT molecular complexity index is 393. The first-order valence-corrected chi connectivity index (χ1v) is 4.86. The normalized spacial score (nSPS) is 13.6. The lowest BCUT2D eigenvalue weighted by atomic mass is 10.1. The third kappa shape index (κ3) is 1.58. The van der Waals surface area contributed by atoms with Crippen LogP contribution in [0.5, 0.6) is 0 Å². The maximum atomic E-state index is 5.69. The van der Waals surface area contributed by atoms with Crippen LogP contribution in [0.4, 0.5) is 0 Å². The Morgan fingerprint density at radius 3 is 2.71 bits per heavy atom. The van der Waals surface area contributed by atoms with Crippen molar-refractivity contribution in [3.05, 3.63) is 54.0 Å². The third-order valence-corrected chi connectivity index (χ3v) is 2.39. The van der Waals surface area contributed by atoms with E-state index in [4.69, 9.17) is 4.42 Å². The molecule has 0 amide bonds. The van der Waals surface area contributed by atoms with E-state index in [0.29, 0.717) is 0 Å². The van der Waals surface area contributed by atoms with Crippen molar-refractivity contribution in [2.45, 2.75) is 19.3 Å². The summed E-state index contributed by atoms with van der Waals surface area (Å²) >= 11 is 0. The number of hydrogen-bond donors (Lipinski definition) is 0. The van der Waals surface area contributed by atoms with E-state index in [1.807, 2.05) is 12.2 Å². The third-order valence-electron chi connectivity index (χ3n) is 2.39. The van der Waals surface area contributed by atoms with Crippen LogP contribution in [0, 0.1) is 0 Å². The monoisotopic (exact) mass is 186 g/mol. The SMILES string of the molecule is C=CCC1=Cc2cc(CC=C)oc2C1. The van der Waals surface area contributed by atoms with Crippen molar-refractivity contribution in [3.63, 3.8) is 0 Å². The zero-order valence-corrected chi connectivity index (χ0v) is 8.25. The van der Waals surface area contributed by atoms with Gasteiger partial charge in [-0.3, -0.25) is 0 Å². The van der Waals surface area contributed by atoms with Crippen molar-refractivity contribution < 1.29 is 4.42 Å². The summed E-state index contributed by atoms with van der Waals surface area (Å²) in [5.74, 6) is 2.11. The Labute approximate surface area is 84.4 Å². The van der Waals surface area contributed by atoms with E-state index < -0.39 is 0 Å². The highest BCUT2D eigenvalue weighted by Crippen LogP contribution is 2.29. The summed E-state index contributed by atoms with van der Waals surface area (Å²) in [7, 11) is 0. The molecule has 2 rings (SSSR count). The van der Waals surface area contributed by atoms with Crippen LogP contribution in [0.1, 0.15) is 23.5 Å². The predicted molar refractivity (Wildman–Crippen MR) is 59.1 cm³/mol. The van der Waals surface area contributed by atoms with Crippen LogP contribution in [0.2, 0.25) is 0 Å². The highest BCUT2D eigenvalue weighted by atomic mass is 16.3. The molecule has 0 atom stereocenters. The van der Waals surface area contributed by atoms with Crippen molar-refractivity contribution in [2.75, 3.05) is 0 Å². The summed E-state index contributed by atoms with van der Waals surface area (Å²) < 4.78 is 5.69. The Hall–Kier alpha value is -1.50. The molecule has 1 heterocycles. The fraction of sp³-hybridized carbons (Fsp3) is 0.231. The minimum absolute atomic E-state index is 0.817. The van der Waals surface area contributed by atoms with Crippen molar-refractivity contribution in [2.24, 2.45) is 0 Å². The molecule has 0 fully saturated rings. The fourth-order valence-electron chi connectivity index (χ4n) is 1.80. The molecule has 1 aliphatic carbocycles. The Balaban J connectivity index is 2.18. The number of allylic oxidation sites excluding steroid dienone is 3. The molecule has 0 aromatic carbocycles. The van der Waals surface area contributed by atoms with Gasteiger partial charge in [0.1, 0.15) is 11.5 Å². The predicted octanol–water partition coefficient (Wildman–Crippen LogP) is 3.52. The van der Waals surface area contributed by atoms with E-state index in [-0.39, 0.29) is 0 Å². The van der Waals surface area contributed by atoms with Gasteiger partial charge in [-0.05, 0) is 12.5 Å². The zero-order chi connectivity index (χ0) is 9.97. The van der Waals surface area contributed by atoms with Gasteiger partial charge in [0.25, 0.3) is 0 Å². The van der Waals surface area contributed by atoms with Gasteiger partial charge in [0.2, 0.25) is 0 Å². The average Bonchev–Trinajstić information content (AvgIpc) is 2.62. The van der Waals surface area contributed by atoms with E-state index in [1.54, 1.807) is 0 Å². The molecule has 0 unspecified atom stereocenters. The molecule has 0 spiro atoms. The summed E-state index contributed by atoms with van der Waals surface area (Å²) in [6.45, 7) is 7.43. The molecule has 1 aromatic heterocycles. The molecule has 0 saturated carbocycles. The molecule has 0 radical (unpaired) electrons. The van der Waals surface area contributed by atoms with Crippen molar-refractivity contribution >= 4 is 6.08 Å². The lowest BCUT2D eigenvalue weighted by Gasteiger charge is -1.95. The number of furan rings is 1. The molecule has 14 heavy (non-hydrogen) atoms. The second-order valence-electron chi connectivity index (χ2n) is 3.56. The largest absolute Gasteiger partial charge is 0.465 e. The molecule has 1 aliphatic rings. The van der Waals surface area contributed by atoms with Crippen molar-refractivity contribution in [3.8, 4) is 0 Å². The number of rotatable bonds is 4. The number of fused-ring (bicyclic) bond motifs is 1. The lowest BCUT2D eigenvalue weighted by Crippen LogP contribution is -1.81. The maximum Gasteiger partial charge on any atom is 0.115 e. The van der Waals surface area contributed by atoms with Gasteiger partial charge >= 0.3 is 0 Å². The van der Waals surface area contributed by atoms with E-state index in [1.165, 1.54) is 11.1 Å². The van der Waals surface area contributed by atoms with Gasteiger partial charge in [0.15, 0.2) is 0 Å². The smallest absolute Gasteiger partial charge is 0.115 e. The molecule has 0 N–H and O–H groups in total. The lowest BCUT2D eigenvalue weighted by molar-refractivity contribution is 0.484. The fourth-order valence-corrected chi connectivity index (χ4v) is 1.80. The van der Waals surface area contributed by atoms with Gasteiger partial charge in [0, 0.05) is 18.4 Å². The second kappa shape index (κ2) is 3.70. The van der Waals surface area contributed by atoms with E-state index in [2.05, 4.69) is 25.3 Å². The van der Waals surface area contributed by atoms with Gasteiger partial charge in [-0.2, -0.15) is 0 Å². The number of hydrogen-bond acceptors (Lipinski definition) is 1. The highest BCUT2D eigenvalue weighted by Gasteiger charge is 2.16. The van der Waals surface area contributed by atoms with Gasteiger partial charge in [0.05, 0.1) is 0 Å². The molecule has 0 bridgehead atoms. The molecular weight excluding hydrogens is 172 g/mol. The molecule has 72 valence electrons. The van der Waals surface area contributed by atoms with E-state index >= 15 is 0 Å². The second-order valence-corrected chi connectivity index (χ2v) is 3.56. The van der Waals surface area contributed by atoms with Crippen LogP contribution >= 0.6 is 0 Å². The first-order valence-electron chi connectivity index (χ1n) is 4.86. The van der Waals surface area contributed by atoms with Crippen molar-refractivity contribution in [1.82, 2.24) is 0 Å². The first kappa shape index (κ1) is 9.07. The topological polar surface area (TPSA) is 13.1 Å². The van der Waals surface area contributed by atoms with Crippen LogP contribution in [-0.2, 0) is 12.8 Å². The van der Waals surface area contributed by atoms with Crippen LogP contribution in [0.25, 0.3) is 6.08 Å². The van der Waals surface area contributed by atoms with Gasteiger partial charge in [-0.25, -0.2) is 0 Å². The van der Waals surface area contributed by atoms with Crippen LogP contribution < -0.4 is 0 Å². The van der Waals surface area contributed by atoms with E-state index in [0.717, 1.165) is 30.8 Å². The minimum atomic E-state index is 0.817. The van der Waals surface area contributed by atoms with Crippen molar-refractivity contribution in [1.29, 1.82) is 0 Å². The molecule has 0 saturated heterocycles. The van der Waals surface area contributed by atoms with E-state index in [9.17, 15) is 0 Å². The van der Waals surface area contributed by atoms with Gasteiger partial charge < -0.3 is 4.42 Å². The zero-order valence-electron chi connectivity index (χ0n) is 8.25. The summed E-state index contributed by atoms with van der Waals surface area (Å²) in [5, 5.41) is 0. The summed E-state index contributed by atoms with van der Waals surface area (Å²) in [4.78, 5) is 0. The average molecular weight is 186 g/mol. The van der Waals surface area contributed by atoms with Crippen LogP contribution in [-0.4, -0.2) is 0 Å². The highest BCUT2D eigenvalue weighted by molar-refractivity contribution is 5.62. The molecule has 0 aliphatic heterocycles. The molecule has 1 heteroatoms. The molecule has 1 nitrogen and oxygen atoms in total. The van der Waals surface area contributed by atoms with Gasteiger partial charge in [-0.1, -0.05) is 23.8 Å². The maximum absolute atomic E-state index is 5.69. The minimum Gasteiger partial charge on any atom is -0.465 e. The van der Waals surface area contributed by atoms with Crippen LogP contribution in [0.15, 0.2) is 41.4 Å². The summed E-state index contributed by atoms with van der Waals surface area (Å²) in [6.07, 6.45) is 8.72. The van der Waals surface area contributed by atoms with Gasteiger partial charge in [-0.15, -0.1) is 13.2 Å². The Morgan fingerprint density at radius 2 is 2.07 bits per heavy atom.